The highest BCUT2D eigenvalue weighted by Gasteiger charge is 2.11. The van der Waals surface area contributed by atoms with E-state index in [2.05, 4.69) is 23.3 Å². The maximum Gasteiger partial charge on any atom is 0.317 e. The van der Waals surface area contributed by atoms with Crippen LogP contribution < -0.4 is 5.32 Å². The molecule has 5 nitrogen and oxygen atoms in total. The molecule has 0 spiro atoms. The van der Waals surface area contributed by atoms with Crippen molar-refractivity contribution in [2.45, 2.75) is 32.7 Å². The Labute approximate surface area is 141 Å². The number of benzene rings is 1. The summed E-state index contributed by atoms with van der Waals surface area (Å²) in [6.07, 6.45) is 3.08. The van der Waals surface area contributed by atoms with Crippen LogP contribution in [0.1, 0.15) is 31.2 Å². The number of nitrogens with zero attached hydrogens (tertiary/aromatic N) is 2. The highest BCUT2D eigenvalue weighted by molar-refractivity contribution is 7.18. The Bertz CT molecular complexity index is 582. The van der Waals surface area contributed by atoms with Crippen molar-refractivity contribution in [2.24, 2.45) is 0 Å². The molecule has 0 radical (unpaired) electrons. The van der Waals surface area contributed by atoms with Crippen molar-refractivity contribution in [1.82, 2.24) is 15.2 Å². The molecule has 0 bridgehead atoms. The Morgan fingerprint density at radius 3 is 2.87 bits per heavy atom. The predicted octanol–water partition coefficient (Wildman–Crippen LogP) is 3.64. The van der Waals surface area contributed by atoms with Crippen LogP contribution in [-0.2, 0) is 11.3 Å². The van der Waals surface area contributed by atoms with Crippen LogP contribution in [0.4, 0.5) is 4.79 Å². The van der Waals surface area contributed by atoms with Gasteiger partial charge in [0.15, 0.2) is 0 Å². The number of para-hydroxylation sites is 1. The van der Waals surface area contributed by atoms with Gasteiger partial charge in [-0.15, -0.1) is 11.3 Å². The minimum Gasteiger partial charge on any atom is -0.381 e. The van der Waals surface area contributed by atoms with E-state index in [-0.39, 0.29) is 6.03 Å². The molecule has 2 aromatic rings. The first-order valence-electron chi connectivity index (χ1n) is 8.12. The van der Waals surface area contributed by atoms with E-state index in [0.29, 0.717) is 19.7 Å². The third-order valence-corrected chi connectivity index (χ3v) is 4.46. The molecule has 0 saturated heterocycles. The molecule has 0 unspecified atom stereocenters. The van der Waals surface area contributed by atoms with Crippen LogP contribution in [0.3, 0.4) is 0 Å². The molecule has 1 aromatic heterocycles. The number of hydrogen-bond donors (Lipinski definition) is 1. The standard InChI is InChI=1S/C17H25N3O2S/c1-3-4-11-22-12-7-10-18-17(21)20(2)13-16-19-14-8-5-6-9-15(14)23-16/h5-6,8-9H,3-4,7,10-13H2,1-2H3,(H,18,21). The fourth-order valence-electron chi connectivity index (χ4n) is 2.12. The maximum absolute atomic E-state index is 12.0. The highest BCUT2D eigenvalue weighted by atomic mass is 32.1. The number of hydrogen-bond acceptors (Lipinski definition) is 4. The molecule has 2 rings (SSSR count). The first-order valence-corrected chi connectivity index (χ1v) is 8.93. The molecule has 1 N–H and O–H groups in total. The summed E-state index contributed by atoms with van der Waals surface area (Å²) in [5, 5.41) is 3.86. The van der Waals surface area contributed by atoms with Crippen molar-refractivity contribution in [3.63, 3.8) is 0 Å². The molecule has 6 heteroatoms. The molecule has 1 heterocycles. The number of carbonyl (C=O) groups excluding carboxylic acids is 1. The number of carbonyl (C=O) groups is 1. The number of thiazole rings is 1. The van der Waals surface area contributed by atoms with E-state index in [1.807, 2.05) is 18.2 Å². The zero-order chi connectivity index (χ0) is 16.5. The summed E-state index contributed by atoms with van der Waals surface area (Å²) >= 11 is 1.63. The molecule has 0 aliphatic rings. The van der Waals surface area contributed by atoms with Gasteiger partial charge in [-0.1, -0.05) is 25.5 Å². The predicted molar refractivity (Wildman–Crippen MR) is 94.8 cm³/mol. The summed E-state index contributed by atoms with van der Waals surface area (Å²) < 4.78 is 6.63. The van der Waals surface area contributed by atoms with Crippen LogP contribution in [0.25, 0.3) is 10.2 Å². The van der Waals surface area contributed by atoms with Crippen molar-refractivity contribution in [3.05, 3.63) is 29.3 Å². The lowest BCUT2D eigenvalue weighted by Crippen LogP contribution is -2.37. The zero-order valence-corrected chi connectivity index (χ0v) is 14.7. The van der Waals surface area contributed by atoms with Crippen LogP contribution in [0.2, 0.25) is 0 Å². The summed E-state index contributed by atoms with van der Waals surface area (Å²) in [4.78, 5) is 18.3. The van der Waals surface area contributed by atoms with Crippen LogP contribution >= 0.6 is 11.3 Å². The second-order valence-corrected chi connectivity index (χ2v) is 6.60. The molecule has 0 atom stereocenters. The van der Waals surface area contributed by atoms with E-state index in [4.69, 9.17) is 4.74 Å². The molecule has 126 valence electrons. The average Bonchev–Trinajstić information content (AvgIpc) is 2.96. The van der Waals surface area contributed by atoms with E-state index < -0.39 is 0 Å². The first-order chi connectivity index (χ1) is 11.2. The molecular weight excluding hydrogens is 310 g/mol. The fraction of sp³-hybridized carbons (Fsp3) is 0.529. The summed E-state index contributed by atoms with van der Waals surface area (Å²) in [6, 6.07) is 7.95. The fourth-order valence-corrected chi connectivity index (χ4v) is 3.14. The van der Waals surface area contributed by atoms with Gasteiger partial charge < -0.3 is 15.0 Å². The van der Waals surface area contributed by atoms with Gasteiger partial charge in [0.05, 0.1) is 16.8 Å². The van der Waals surface area contributed by atoms with Gasteiger partial charge in [-0.2, -0.15) is 0 Å². The molecular formula is C17H25N3O2S. The zero-order valence-electron chi connectivity index (χ0n) is 13.9. The van der Waals surface area contributed by atoms with Crippen LogP contribution in [0.5, 0.6) is 0 Å². The highest BCUT2D eigenvalue weighted by Crippen LogP contribution is 2.22. The Morgan fingerprint density at radius 2 is 2.09 bits per heavy atom. The van der Waals surface area contributed by atoms with Crippen molar-refractivity contribution in [3.8, 4) is 0 Å². The molecule has 0 aliphatic carbocycles. The second-order valence-electron chi connectivity index (χ2n) is 5.48. The lowest BCUT2D eigenvalue weighted by atomic mass is 10.3. The first kappa shape index (κ1) is 17.7. The van der Waals surface area contributed by atoms with Gasteiger partial charge in [0.1, 0.15) is 5.01 Å². The number of aromatic nitrogens is 1. The molecule has 0 saturated carbocycles. The van der Waals surface area contributed by atoms with Crippen LogP contribution in [-0.4, -0.2) is 42.7 Å². The van der Waals surface area contributed by atoms with Crippen molar-refractivity contribution < 1.29 is 9.53 Å². The number of ether oxygens (including phenoxy) is 1. The molecule has 2 amide bonds. The van der Waals surface area contributed by atoms with Gasteiger partial charge in [-0.25, -0.2) is 9.78 Å². The molecule has 23 heavy (non-hydrogen) atoms. The van der Waals surface area contributed by atoms with Crippen molar-refractivity contribution in [1.29, 1.82) is 0 Å². The Balaban J connectivity index is 1.68. The van der Waals surface area contributed by atoms with E-state index in [9.17, 15) is 4.79 Å². The topological polar surface area (TPSA) is 54.5 Å². The van der Waals surface area contributed by atoms with Crippen molar-refractivity contribution in [2.75, 3.05) is 26.8 Å². The number of urea groups is 1. The summed E-state index contributed by atoms with van der Waals surface area (Å²) in [7, 11) is 1.79. The summed E-state index contributed by atoms with van der Waals surface area (Å²) in [5.41, 5.74) is 0.991. The number of amides is 2. The van der Waals surface area contributed by atoms with E-state index in [1.165, 1.54) is 0 Å². The van der Waals surface area contributed by atoms with E-state index in [1.54, 1.807) is 23.3 Å². The minimum atomic E-state index is -0.0715. The average molecular weight is 335 g/mol. The van der Waals surface area contributed by atoms with Gasteiger partial charge >= 0.3 is 6.03 Å². The van der Waals surface area contributed by atoms with Gasteiger partial charge in [-0.05, 0) is 25.0 Å². The second kappa shape index (κ2) is 9.47. The Kier molecular flexibility index (Phi) is 7.29. The van der Waals surface area contributed by atoms with Crippen molar-refractivity contribution >= 4 is 27.6 Å². The maximum atomic E-state index is 12.0. The summed E-state index contributed by atoms with van der Waals surface area (Å²) in [6.45, 7) is 4.81. The number of nitrogens with one attached hydrogen (secondary N) is 1. The smallest absolute Gasteiger partial charge is 0.317 e. The van der Waals surface area contributed by atoms with Gasteiger partial charge in [0, 0.05) is 26.8 Å². The number of rotatable bonds is 9. The summed E-state index contributed by atoms with van der Waals surface area (Å²) in [5.74, 6) is 0. The monoisotopic (exact) mass is 335 g/mol. The van der Waals surface area contributed by atoms with Gasteiger partial charge in [0.25, 0.3) is 0 Å². The molecule has 0 fully saturated rings. The van der Waals surface area contributed by atoms with Crippen LogP contribution in [0, 0.1) is 0 Å². The van der Waals surface area contributed by atoms with Crippen LogP contribution in [0.15, 0.2) is 24.3 Å². The quantitative estimate of drug-likeness (QED) is 0.712. The normalized spacial score (nSPS) is 10.9. The van der Waals surface area contributed by atoms with E-state index >= 15 is 0 Å². The SMILES string of the molecule is CCCCOCCCNC(=O)N(C)Cc1nc2ccccc2s1. The lowest BCUT2D eigenvalue weighted by Gasteiger charge is -2.16. The van der Waals surface area contributed by atoms with Gasteiger partial charge in [-0.3, -0.25) is 0 Å². The Hall–Kier alpha value is -1.66. The third kappa shape index (κ3) is 5.80. The molecule has 0 aliphatic heterocycles. The van der Waals surface area contributed by atoms with Gasteiger partial charge in [0.2, 0.25) is 0 Å². The van der Waals surface area contributed by atoms with E-state index in [0.717, 1.165) is 41.1 Å². The largest absolute Gasteiger partial charge is 0.381 e. The number of fused-ring (bicyclic) bond motifs is 1. The third-order valence-electron chi connectivity index (χ3n) is 3.44. The number of unbranched alkanes of at least 4 members (excludes halogenated alkanes) is 1. The molecule has 1 aromatic carbocycles. The Morgan fingerprint density at radius 1 is 1.30 bits per heavy atom. The lowest BCUT2D eigenvalue weighted by molar-refractivity contribution is 0.128. The minimum absolute atomic E-state index is 0.0715.